The highest BCUT2D eigenvalue weighted by Gasteiger charge is 2.18. The summed E-state index contributed by atoms with van der Waals surface area (Å²) in [5, 5.41) is 0. The van der Waals surface area contributed by atoms with Crippen molar-refractivity contribution >= 4 is 27.4 Å². The van der Waals surface area contributed by atoms with E-state index in [1.165, 1.54) is 22.3 Å². The van der Waals surface area contributed by atoms with Gasteiger partial charge in [0.1, 0.15) is 5.75 Å². The maximum atomic E-state index is 11.6. The van der Waals surface area contributed by atoms with Crippen molar-refractivity contribution < 1.29 is 13.2 Å². The zero-order chi connectivity index (χ0) is 21.8. The van der Waals surface area contributed by atoms with E-state index < -0.39 is 10.0 Å². The largest absolute Gasteiger partial charge is 0.494 e. The first kappa shape index (κ1) is 21.2. The van der Waals surface area contributed by atoms with Gasteiger partial charge in [-0.1, -0.05) is 49.4 Å². The molecule has 4 nitrogen and oxygen atoms in total. The number of hydrogen-bond donors (Lipinski definition) is 1. The van der Waals surface area contributed by atoms with Crippen LogP contribution < -0.4 is 9.46 Å². The van der Waals surface area contributed by atoms with Crippen LogP contribution in [0.1, 0.15) is 41.2 Å². The van der Waals surface area contributed by atoms with Crippen molar-refractivity contribution in [2.75, 3.05) is 17.6 Å². The lowest BCUT2D eigenvalue weighted by atomic mass is 9.92. The first-order valence-corrected chi connectivity index (χ1v) is 12.5. The lowest BCUT2D eigenvalue weighted by Crippen LogP contribution is -2.09. The third kappa shape index (κ3) is 5.17. The maximum Gasteiger partial charge on any atom is 0.229 e. The lowest BCUT2D eigenvalue weighted by Gasteiger charge is -2.14. The average molecular weight is 434 g/mol. The second kappa shape index (κ2) is 8.98. The molecule has 5 heteroatoms. The van der Waals surface area contributed by atoms with E-state index in [0.717, 1.165) is 42.4 Å². The van der Waals surface area contributed by atoms with Crippen molar-refractivity contribution in [3.63, 3.8) is 0 Å². The van der Waals surface area contributed by atoms with Crippen molar-refractivity contribution in [2.45, 2.75) is 26.2 Å². The van der Waals surface area contributed by atoms with Crippen LogP contribution >= 0.6 is 0 Å². The molecule has 1 aliphatic carbocycles. The summed E-state index contributed by atoms with van der Waals surface area (Å²) >= 11 is 0. The smallest absolute Gasteiger partial charge is 0.229 e. The fraction of sp³-hybridized carbons (Fsp3) is 0.231. The van der Waals surface area contributed by atoms with Crippen LogP contribution in [0, 0.1) is 0 Å². The van der Waals surface area contributed by atoms with Gasteiger partial charge in [-0.25, -0.2) is 8.42 Å². The molecule has 0 aliphatic heterocycles. The monoisotopic (exact) mass is 433 g/mol. The number of anilines is 1. The van der Waals surface area contributed by atoms with Gasteiger partial charge in [0.15, 0.2) is 0 Å². The molecule has 0 radical (unpaired) electrons. The van der Waals surface area contributed by atoms with Crippen LogP contribution in [0.15, 0.2) is 66.7 Å². The van der Waals surface area contributed by atoms with Gasteiger partial charge in [-0.2, -0.15) is 0 Å². The Morgan fingerprint density at radius 2 is 1.71 bits per heavy atom. The number of ether oxygens (including phenoxy) is 1. The number of rotatable bonds is 6. The van der Waals surface area contributed by atoms with Crippen molar-refractivity contribution in [1.82, 2.24) is 0 Å². The molecule has 31 heavy (non-hydrogen) atoms. The Balaban J connectivity index is 1.82. The molecule has 3 aromatic carbocycles. The van der Waals surface area contributed by atoms with Crippen LogP contribution in [0.4, 0.5) is 5.69 Å². The number of benzene rings is 3. The number of hydrogen-bond acceptors (Lipinski definition) is 3. The topological polar surface area (TPSA) is 55.4 Å². The van der Waals surface area contributed by atoms with E-state index in [9.17, 15) is 8.42 Å². The Morgan fingerprint density at radius 1 is 0.935 bits per heavy atom. The highest BCUT2D eigenvalue weighted by molar-refractivity contribution is 7.92. The zero-order valence-electron chi connectivity index (χ0n) is 17.9. The molecule has 0 fully saturated rings. The van der Waals surface area contributed by atoms with Gasteiger partial charge in [0.25, 0.3) is 0 Å². The molecule has 3 aromatic rings. The third-order valence-corrected chi connectivity index (χ3v) is 5.92. The van der Waals surface area contributed by atoms with E-state index in [-0.39, 0.29) is 0 Å². The Bertz CT molecular complexity index is 1230. The van der Waals surface area contributed by atoms with E-state index in [4.69, 9.17) is 4.74 Å². The summed E-state index contributed by atoms with van der Waals surface area (Å²) in [6.07, 6.45) is 6.19. The van der Waals surface area contributed by atoms with Crippen molar-refractivity contribution in [1.29, 1.82) is 0 Å². The van der Waals surface area contributed by atoms with Gasteiger partial charge >= 0.3 is 0 Å². The predicted molar refractivity (Wildman–Crippen MR) is 128 cm³/mol. The second-order valence-corrected chi connectivity index (χ2v) is 9.63. The van der Waals surface area contributed by atoms with E-state index >= 15 is 0 Å². The minimum atomic E-state index is -3.33. The molecule has 0 aromatic heterocycles. The molecule has 4 rings (SSSR count). The van der Waals surface area contributed by atoms with E-state index in [1.807, 2.05) is 24.3 Å². The number of sulfonamides is 1. The summed E-state index contributed by atoms with van der Waals surface area (Å²) in [5.41, 5.74) is 7.62. The van der Waals surface area contributed by atoms with E-state index in [1.54, 1.807) is 6.07 Å². The third-order valence-electron chi connectivity index (χ3n) is 5.31. The minimum absolute atomic E-state index is 0.558. The number of aryl methyl sites for hydroxylation is 2. The molecule has 0 amide bonds. The van der Waals surface area contributed by atoms with Gasteiger partial charge in [0.2, 0.25) is 10.0 Å². The lowest BCUT2D eigenvalue weighted by molar-refractivity contribution is 0.317. The zero-order valence-corrected chi connectivity index (χ0v) is 18.7. The Morgan fingerprint density at radius 3 is 2.52 bits per heavy atom. The summed E-state index contributed by atoms with van der Waals surface area (Å²) in [6, 6.07) is 22.3. The van der Waals surface area contributed by atoms with Crippen LogP contribution in [-0.4, -0.2) is 21.3 Å². The number of nitrogens with one attached hydrogen (secondary N) is 1. The summed E-state index contributed by atoms with van der Waals surface area (Å²) in [7, 11) is -3.33. The molecule has 160 valence electrons. The fourth-order valence-corrected chi connectivity index (χ4v) is 4.55. The molecule has 0 bridgehead atoms. The quantitative estimate of drug-likeness (QED) is 0.556. The molecule has 0 heterocycles. The van der Waals surface area contributed by atoms with Crippen LogP contribution in [0.3, 0.4) is 0 Å². The highest BCUT2D eigenvalue weighted by Crippen LogP contribution is 2.36. The normalized spacial score (nSPS) is 14.5. The molecular formula is C26H27NO3S. The van der Waals surface area contributed by atoms with Crippen molar-refractivity contribution in [2.24, 2.45) is 0 Å². The SMILES string of the molecule is CCCOc1ccc2c(c1)CCc1ccccc1C2=Cc1cccc(NS(C)(=O)=O)c1. The molecule has 1 N–H and O–H groups in total. The Kier molecular flexibility index (Phi) is 6.14. The molecule has 1 aliphatic rings. The average Bonchev–Trinajstić information content (AvgIpc) is 2.88. The molecule has 0 saturated carbocycles. The summed E-state index contributed by atoms with van der Waals surface area (Å²) in [6.45, 7) is 2.82. The molecule has 0 spiro atoms. The molecule has 0 saturated heterocycles. The molecule has 0 unspecified atom stereocenters. The molecular weight excluding hydrogens is 406 g/mol. The fourth-order valence-electron chi connectivity index (χ4n) is 3.99. The van der Waals surface area contributed by atoms with E-state index in [0.29, 0.717) is 12.3 Å². The summed E-state index contributed by atoms with van der Waals surface area (Å²) < 4.78 is 31.7. The minimum Gasteiger partial charge on any atom is -0.494 e. The Hall–Kier alpha value is -3.05. The first-order valence-electron chi connectivity index (χ1n) is 10.6. The van der Waals surface area contributed by atoms with Gasteiger partial charge in [0, 0.05) is 5.69 Å². The van der Waals surface area contributed by atoms with Gasteiger partial charge in [-0.3, -0.25) is 4.72 Å². The van der Waals surface area contributed by atoms with Gasteiger partial charge in [-0.05, 0) is 83.0 Å². The first-order chi connectivity index (χ1) is 14.9. The van der Waals surface area contributed by atoms with Gasteiger partial charge < -0.3 is 4.74 Å². The van der Waals surface area contributed by atoms with Crippen LogP contribution in [0.2, 0.25) is 0 Å². The van der Waals surface area contributed by atoms with Gasteiger partial charge in [0.05, 0.1) is 12.9 Å². The second-order valence-electron chi connectivity index (χ2n) is 7.88. The van der Waals surface area contributed by atoms with Crippen LogP contribution in [-0.2, 0) is 22.9 Å². The number of fused-ring (bicyclic) bond motifs is 2. The Labute approximate surface area is 184 Å². The van der Waals surface area contributed by atoms with Crippen molar-refractivity contribution in [3.05, 3.63) is 94.5 Å². The van der Waals surface area contributed by atoms with Gasteiger partial charge in [-0.15, -0.1) is 0 Å². The van der Waals surface area contributed by atoms with Crippen molar-refractivity contribution in [3.8, 4) is 5.75 Å². The molecule has 0 atom stereocenters. The van der Waals surface area contributed by atoms with E-state index in [2.05, 4.69) is 54.1 Å². The van der Waals surface area contributed by atoms with Crippen LogP contribution in [0.25, 0.3) is 11.6 Å². The summed E-state index contributed by atoms with van der Waals surface area (Å²) in [5.74, 6) is 0.908. The maximum absolute atomic E-state index is 11.6. The predicted octanol–water partition coefficient (Wildman–Crippen LogP) is 5.53. The standard InChI is InChI=1S/C26H27NO3S/c1-3-15-30-23-13-14-25-21(18-23)12-11-20-8-4-5-10-24(20)26(25)17-19-7-6-9-22(16-19)27-31(2,28)29/h4-10,13-14,16-18,27H,3,11-12,15H2,1-2H3. The summed E-state index contributed by atoms with van der Waals surface area (Å²) in [4.78, 5) is 0. The highest BCUT2D eigenvalue weighted by atomic mass is 32.2. The van der Waals surface area contributed by atoms with Crippen LogP contribution in [0.5, 0.6) is 5.75 Å².